The fraction of sp³-hybridized carbons (Fsp3) is 0.500. The third-order valence-electron chi connectivity index (χ3n) is 17.3. The Morgan fingerprint density at radius 1 is 0.227 bits per heavy atom. The molecule has 0 bridgehead atoms. The minimum atomic E-state index is -0.151. The first-order valence-corrected chi connectivity index (χ1v) is 33.5. The highest BCUT2D eigenvalue weighted by Crippen LogP contribution is 2.32. The van der Waals surface area contributed by atoms with E-state index in [1.807, 2.05) is 54.6 Å². The molecule has 1 N–H and O–H groups in total. The van der Waals surface area contributed by atoms with Crippen LogP contribution in [0.4, 0.5) is 13.2 Å². The van der Waals surface area contributed by atoms with E-state index < -0.39 is 0 Å². The van der Waals surface area contributed by atoms with Crippen molar-refractivity contribution in [1.29, 1.82) is 0 Å². The van der Waals surface area contributed by atoms with Crippen LogP contribution in [0, 0.1) is 58.9 Å². The van der Waals surface area contributed by atoms with Crippen molar-refractivity contribution in [1.82, 2.24) is 0 Å². The minimum Gasteiger partial charge on any atom is -0.396 e. The molecule has 0 radical (unpaired) electrons. The van der Waals surface area contributed by atoms with E-state index in [2.05, 4.69) is 242 Å². The SMILES string of the molecule is C.CC(C)[C@@H](CO)c1ccccc1.CCC(c1ccc(F)cc1)C(C)C.CCC(c1ccccc1)C(C)C.CC[C@@H](c1ccc(F)cc1)C(C)C.CC[C@H](c1ccc(F)cc1)C(C)C.CC[C@H](c1ccccc1)C(C)C.CC[C@H](c1ccccc1)C(C)C. The summed E-state index contributed by atoms with van der Waals surface area (Å²) in [6, 6.07) is 63.1. The molecule has 7 atom stereocenters. The number of aliphatic hydroxyl groups excluding tert-OH is 1. The Bertz CT molecular complexity index is 2320. The molecule has 0 fully saturated rings. The third kappa shape index (κ3) is 31.6. The van der Waals surface area contributed by atoms with Gasteiger partial charge in [0.2, 0.25) is 0 Å². The molecule has 0 spiro atoms. The number of rotatable bonds is 21. The molecule has 0 aliphatic carbocycles. The quantitative estimate of drug-likeness (QED) is 0.0760. The van der Waals surface area contributed by atoms with Crippen LogP contribution in [0.3, 0.4) is 0 Å². The highest BCUT2D eigenvalue weighted by atomic mass is 19.1. The highest BCUT2D eigenvalue weighted by Gasteiger charge is 2.18. The van der Waals surface area contributed by atoms with Crippen molar-refractivity contribution in [3.63, 3.8) is 0 Å². The molecule has 488 valence electrons. The Morgan fingerprint density at radius 3 is 0.489 bits per heavy atom. The first-order chi connectivity index (χ1) is 41.5. The molecular weight excluding hydrogens is 1080 g/mol. The van der Waals surface area contributed by atoms with E-state index in [9.17, 15) is 13.2 Å². The van der Waals surface area contributed by atoms with Crippen LogP contribution in [-0.2, 0) is 0 Å². The van der Waals surface area contributed by atoms with Gasteiger partial charge in [0.05, 0.1) is 6.61 Å². The first kappa shape index (κ1) is 82.3. The lowest BCUT2D eigenvalue weighted by molar-refractivity contribution is 0.237. The largest absolute Gasteiger partial charge is 0.396 e. The monoisotopic (exact) mass is 1210 g/mol. The van der Waals surface area contributed by atoms with Gasteiger partial charge in [0.1, 0.15) is 17.5 Å². The summed E-state index contributed by atoms with van der Waals surface area (Å²) in [4.78, 5) is 0. The van der Waals surface area contributed by atoms with Crippen LogP contribution in [0.1, 0.15) is 265 Å². The fourth-order valence-electron chi connectivity index (χ4n) is 12.2. The van der Waals surface area contributed by atoms with Crippen molar-refractivity contribution in [2.24, 2.45) is 41.4 Å². The first-order valence-electron chi connectivity index (χ1n) is 33.5. The van der Waals surface area contributed by atoms with E-state index in [4.69, 9.17) is 5.11 Å². The molecule has 0 aromatic heterocycles. The van der Waals surface area contributed by atoms with Gasteiger partial charge < -0.3 is 5.11 Å². The lowest BCUT2D eigenvalue weighted by Gasteiger charge is -2.19. The second kappa shape index (κ2) is 47.3. The molecule has 1 nitrogen and oxygen atoms in total. The zero-order chi connectivity index (χ0) is 65.4. The summed E-state index contributed by atoms with van der Waals surface area (Å²) in [5.74, 6) is 8.29. The molecule has 2 unspecified atom stereocenters. The van der Waals surface area contributed by atoms with E-state index >= 15 is 0 Å². The zero-order valence-corrected chi connectivity index (χ0v) is 58.1. The molecule has 4 heteroatoms. The number of aliphatic hydroxyl groups is 1. The summed E-state index contributed by atoms with van der Waals surface area (Å²) in [7, 11) is 0. The summed E-state index contributed by atoms with van der Waals surface area (Å²) in [5.41, 5.74) is 9.42. The summed E-state index contributed by atoms with van der Waals surface area (Å²) < 4.78 is 38.0. The van der Waals surface area contributed by atoms with Gasteiger partial charge in [0.25, 0.3) is 0 Å². The van der Waals surface area contributed by atoms with Crippen molar-refractivity contribution >= 4 is 0 Å². The van der Waals surface area contributed by atoms with Gasteiger partial charge in [-0.15, -0.1) is 0 Å². The third-order valence-corrected chi connectivity index (χ3v) is 17.3. The van der Waals surface area contributed by atoms with Crippen LogP contribution in [-0.4, -0.2) is 11.7 Å². The molecule has 88 heavy (non-hydrogen) atoms. The Morgan fingerprint density at radius 2 is 0.364 bits per heavy atom. The van der Waals surface area contributed by atoms with Gasteiger partial charge >= 0.3 is 0 Å². The lowest BCUT2D eigenvalue weighted by atomic mass is 9.86. The van der Waals surface area contributed by atoms with E-state index in [1.165, 1.54) is 58.2 Å². The van der Waals surface area contributed by atoms with Crippen LogP contribution in [0.25, 0.3) is 0 Å². The van der Waals surface area contributed by atoms with Crippen LogP contribution in [0.5, 0.6) is 0 Å². The molecule has 0 saturated heterocycles. The number of hydrogen-bond acceptors (Lipinski definition) is 1. The summed E-state index contributed by atoms with van der Waals surface area (Å²) >= 11 is 0. The Kier molecular flexibility index (Phi) is 44.2. The van der Waals surface area contributed by atoms with Gasteiger partial charge in [-0.1, -0.05) is 304 Å². The predicted octanol–water partition coefficient (Wildman–Crippen LogP) is 26.5. The molecule has 7 rings (SSSR count). The van der Waals surface area contributed by atoms with E-state index in [0.717, 1.165) is 54.8 Å². The molecule has 7 aromatic rings. The highest BCUT2D eigenvalue weighted by molar-refractivity contribution is 5.25. The van der Waals surface area contributed by atoms with Gasteiger partial charge in [-0.05, 0) is 191 Å². The average Bonchev–Trinajstić information content (AvgIpc) is 3.63. The maximum Gasteiger partial charge on any atom is 0.123 e. The van der Waals surface area contributed by atoms with Gasteiger partial charge in [-0.3, -0.25) is 0 Å². The van der Waals surface area contributed by atoms with Crippen LogP contribution in [0.2, 0.25) is 0 Å². The van der Waals surface area contributed by atoms with Crippen molar-refractivity contribution in [2.75, 3.05) is 6.61 Å². The Hall–Kier alpha value is -5.71. The van der Waals surface area contributed by atoms with Gasteiger partial charge in [0.15, 0.2) is 0 Å². The molecule has 0 aliphatic heterocycles. The van der Waals surface area contributed by atoms with Gasteiger partial charge in [-0.25, -0.2) is 13.2 Å². The molecule has 0 saturated carbocycles. The number of halogens is 3. The van der Waals surface area contributed by atoms with Gasteiger partial charge in [-0.2, -0.15) is 0 Å². The summed E-state index contributed by atoms with van der Waals surface area (Å²) in [6.07, 6.45) is 7.06. The average molecular weight is 1210 g/mol. The van der Waals surface area contributed by atoms with Crippen molar-refractivity contribution in [2.45, 2.75) is 226 Å². The maximum absolute atomic E-state index is 12.7. The van der Waals surface area contributed by atoms with Crippen molar-refractivity contribution in [3.8, 4) is 0 Å². The molecule has 0 amide bonds. The van der Waals surface area contributed by atoms with Crippen LogP contribution >= 0.6 is 0 Å². The molecule has 0 aliphatic rings. The van der Waals surface area contributed by atoms with Crippen molar-refractivity contribution < 1.29 is 18.3 Å². The van der Waals surface area contributed by atoms with Crippen molar-refractivity contribution in [3.05, 3.63) is 251 Å². The summed E-state index contributed by atoms with van der Waals surface area (Å²) in [6.45, 7) is 44.8. The van der Waals surface area contributed by atoms with Crippen LogP contribution < -0.4 is 0 Å². The Labute approximate surface area is 539 Å². The molecule has 0 heterocycles. The van der Waals surface area contributed by atoms with E-state index in [-0.39, 0.29) is 37.4 Å². The smallest absolute Gasteiger partial charge is 0.123 e. The Balaban J connectivity index is 0.00000100. The van der Waals surface area contributed by atoms with Crippen LogP contribution in [0.15, 0.2) is 194 Å². The standard InChI is InChI=1S/3C12H17F.3C12H18.C11H16O.CH4/c3*1-4-12(9(2)3)10-5-7-11(13)8-6-10;3*1-4-12(10(2)3)11-8-6-5-7-9-11;1-9(2)11(8-12)10-6-4-3-5-7-10;/h3*5-9,12H,4H2,1-3H3;3*5-10,12H,4H2,1-3H3;3-7,9,11-12H,8H2,1-2H3;1H4/t2*12-;;2*12-;;11-;/m10.00.1./s1. The maximum atomic E-state index is 12.7. The normalized spacial score (nSPS) is 13.2. The minimum absolute atomic E-state index is 0. The number of hydrogen-bond donors (Lipinski definition) is 1. The molecular formula is C84H125F3O. The molecule has 7 aromatic carbocycles. The predicted molar refractivity (Wildman–Crippen MR) is 384 cm³/mol. The number of benzene rings is 7. The fourth-order valence-corrected chi connectivity index (χ4v) is 12.2. The van der Waals surface area contributed by atoms with E-state index in [0.29, 0.717) is 41.4 Å². The topological polar surface area (TPSA) is 20.2 Å². The lowest BCUT2D eigenvalue weighted by Crippen LogP contribution is -2.10. The van der Waals surface area contributed by atoms with Gasteiger partial charge in [0, 0.05) is 5.92 Å². The zero-order valence-electron chi connectivity index (χ0n) is 58.1. The second-order valence-electron chi connectivity index (χ2n) is 25.9. The second-order valence-corrected chi connectivity index (χ2v) is 25.9. The van der Waals surface area contributed by atoms with E-state index in [1.54, 1.807) is 36.4 Å². The summed E-state index contributed by atoms with van der Waals surface area (Å²) in [5, 5.41) is 9.15.